The molecule has 8 bridgehead atoms. The number of hydrogen-bond acceptors (Lipinski definition) is 1. The number of nitrogens with one attached hydrogen (secondary N) is 4. The quantitative estimate of drug-likeness (QED) is 0.138. The fourth-order valence-corrected chi connectivity index (χ4v) is 7.36. The van der Waals surface area contributed by atoms with Crippen LogP contribution >= 0.6 is 0 Å². The van der Waals surface area contributed by atoms with E-state index in [1.807, 2.05) is 12.1 Å². The van der Waals surface area contributed by atoms with Crippen LogP contribution in [0.2, 0.25) is 0 Å². The number of phenols is 1. The minimum atomic E-state index is 0.230. The van der Waals surface area contributed by atoms with Gasteiger partial charge in [-0.05, 0) is 104 Å². The van der Waals surface area contributed by atoms with E-state index in [1.165, 1.54) is 16.7 Å². The van der Waals surface area contributed by atoms with Crippen LogP contribution in [0.5, 0.6) is 5.75 Å². The molecule has 52 heavy (non-hydrogen) atoms. The van der Waals surface area contributed by atoms with Crippen LogP contribution in [-0.2, 0) is 0 Å². The smallest absolute Gasteiger partial charge is 0.115 e. The highest BCUT2D eigenvalue weighted by Crippen LogP contribution is 2.28. The van der Waals surface area contributed by atoms with Gasteiger partial charge in [0.1, 0.15) is 5.75 Å². The lowest BCUT2D eigenvalue weighted by Crippen LogP contribution is -2.19. The second-order valence-electron chi connectivity index (χ2n) is 13.8. The molecule has 5 heteroatoms. The summed E-state index contributed by atoms with van der Waals surface area (Å²) < 4.78 is 0. The van der Waals surface area contributed by atoms with E-state index in [-0.39, 0.29) is 5.75 Å². The maximum atomic E-state index is 10.2. The van der Waals surface area contributed by atoms with Crippen molar-refractivity contribution in [3.05, 3.63) is 229 Å². The summed E-state index contributed by atoms with van der Waals surface area (Å²) in [7, 11) is 0. The Morgan fingerprint density at radius 2 is 0.538 bits per heavy atom. The molecule has 0 atom stereocenters. The zero-order valence-corrected chi connectivity index (χ0v) is 29.3. The lowest BCUT2D eigenvalue weighted by atomic mass is 10.0. The lowest BCUT2D eigenvalue weighted by molar-refractivity contribution is 0.475. The zero-order valence-electron chi connectivity index (χ0n) is 29.3. The van der Waals surface area contributed by atoms with Crippen molar-refractivity contribution in [2.45, 2.75) is 20.8 Å². The van der Waals surface area contributed by atoms with Crippen LogP contribution in [0.1, 0.15) is 61.7 Å². The fraction of sp³-hybridized carbons (Fsp3) is 0.0638. The van der Waals surface area contributed by atoms with Crippen LogP contribution in [0.25, 0.3) is 22.3 Å². The van der Waals surface area contributed by atoms with Crippen molar-refractivity contribution < 1.29 is 5.11 Å². The summed E-state index contributed by atoms with van der Waals surface area (Å²) in [5, 5.41) is 14.2. The van der Waals surface area contributed by atoms with E-state index in [1.54, 1.807) is 12.1 Å². The van der Waals surface area contributed by atoms with E-state index in [0.29, 0.717) is 0 Å². The third kappa shape index (κ3) is 5.62. The predicted molar refractivity (Wildman–Crippen MR) is 210 cm³/mol. The molecule has 1 aliphatic heterocycles. The van der Waals surface area contributed by atoms with E-state index < -0.39 is 0 Å². The number of aromatic hydroxyl groups is 1. The molecular weight excluding hydrogens is 637 g/mol. The molecule has 0 spiro atoms. The first-order chi connectivity index (χ1) is 25.4. The van der Waals surface area contributed by atoms with Crippen molar-refractivity contribution in [1.82, 2.24) is 19.9 Å². The minimum Gasteiger partial charge on any atom is -0.508 e. The zero-order chi connectivity index (χ0) is 35.3. The number of phenolic OH excluding ortho intramolecular Hbond substituents is 1. The highest BCUT2D eigenvalue weighted by Gasteiger charge is 2.18. The van der Waals surface area contributed by atoms with Gasteiger partial charge >= 0.3 is 0 Å². The number of benzene rings is 4. The van der Waals surface area contributed by atoms with E-state index in [9.17, 15) is 5.11 Å². The second kappa shape index (κ2) is 12.6. The summed E-state index contributed by atoms with van der Waals surface area (Å²) in [6, 6.07) is 51.0. The molecule has 4 aromatic heterocycles. The Labute approximate surface area is 301 Å². The van der Waals surface area contributed by atoms with Gasteiger partial charge in [-0.3, -0.25) is 0 Å². The molecule has 252 valence electrons. The Hall–Kier alpha value is -6.72. The van der Waals surface area contributed by atoms with Gasteiger partial charge in [0.05, 0.1) is 0 Å². The first-order valence-corrected chi connectivity index (χ1v) is 17.7. The van der Waals surface area contributed by atoms with Crippen molar-refractivity contribution in [3.63, 3.8) is 0 Å². The number of rotatable bonds is 4. The molecule has 4 aromatic carbocycles. The highest BCUT2D eigenvalue weighted by molar-refractivity contribution is 5.84. The third-order valence-electron chi connectivity index (χ3n) is 10.1. The lowest BCUT2D eigenvalue weighted by Gasteiger charge is -2.10. The maximum absolute atomic E-state index is 10.2. The monoisotopic (exact) mass is 674 g/mol. The standard InChI is InChI=1S/C47H38N4O/c1-28-4-10-31(11-5-28)44-36-20-22-38(48-36)45(32-12-6-29(2)7-13-32)40-24-26-42(50-40)47(34-16-18-35(52)19-17-34)43-27-25-41(51-43)46(39-23-21-37(44)49-39)33-14-8-30(3)9-15-33/h4-27,48-52H,1-3H3. The van der Waals surface area contributed by atoms with Gasteiger partial charge in [-0.2, -0.15) is 0 Å². The van der Waals surface area contributed by atoms with Gasteiger partial charge in [-0.15, -0.1) is 0 Å². The summed E-state index contributed by atoms with van der Waals surface area (Å²) in [5.74, 6) is 0.230. The average molecular weight is 675 g/mol. The molecule has 0 amide bonds. The van der Waals surface area contributed by atoms with Gasteiger partial charge in [0.2, 0.25) is 0 Å². The molecule has 0 unspecified atom stereocenters. The molecule has 0 fully saturated rings. The number of aromatic amines is 4. The Morgan fingerprint density at radius 1 is 0.288 bits per heavy atom. The van der Waals surface area contributed by atoms with Crippen molar-refractivity contribution >= 4 is 22.3 Å². The summed E-state index contributed by atoms with van der Waals surface area (Å²) in [6.45, 7) is 6.36. The van der Waals surface area contributed by atoms with Crippen LogP contribution in [0.15, 0.2) is 146 Å². The first kappa shape index (κ1) is 31.3. The SMILES string of the molecule is Cc1ccc(C2=c3ccc([nH]3)=C(c3ccc(C)cc3)c3ccc([nH]3)C(c3ccc(O)cc3)=c3ccc([nH]3)=C(c3ccc(C)cc3)c3ccc2[nH]3)cc1. The van der Waals surface area contributed by atoms with E-state index in [4.69, 9.17) is 0 Å². The van der Waals surface area contributed by atoms with E-state index >= 15 is 0 Å². The molecule has 0 saturated heterocycles. The summed E-state index contributed by atoms with van der Waals surface area (Å²) in [6.07, 6.45) is 0. The molecule has 8 aromatic rings. The number of hydrogen-bond donors (Lipinski definition) is 5. The number of fused-ring (bicyclic) bond motifs is 8. The van der Waals surface area contributed by atoms with Gasteiger partial charge in [0.25, 0.3) is 0 Å². The Balaban J connectivity index is 1.43. The third-order valence-corrected chi connectivity index (χ3v) is 10.1. The van der Waals surface area contributed by atoms with Crippen LogP contribution in [0.4, 0.5) is 0 Å². The van der Waals surface area contributed by atoms with Crippen LogP contribution in [-0.4, -0.2) is 25.0 Å². The van der Waals surface area contributed by atoms with Crippen LogP contribution in [0.3, 0.4) is 0 Å². The number of H-pyrrole nitrogens is 4. The van der Waals surface area contributed by atoms with Crippen molar-refractivity contribution in [2.75, 3.05) is 0 Å². The van der Waals surface area contributed by atoms with Crippen molar-refractivity contribution in [2.24, 2.45) is 0 Å². The Bertz CT molecular complexity index is 2450. The number of aryl methyl sites for hydroxylation is 3. The molecule has 0 aliphatic carbocycles. The highest BCUT2D eigenvalue weighted by atomic mass is 16.3. The topological polar surface area (TPSA) is 83.4 Å². The van der Waals surface area contributed by atoms with Crippen LogP contribution in [0, 0.1) is 20.8 Å². The van der Waals surface area contributed by atoms with Crippen molar-refractivity contribution in [3.8, 4) is 5.75 Å². The molecule has 5 N–H and O–H groups in total. The van der Waals surface area contributed by atoms with Gasteiger partial charge in [-0.1, -0.05) is 102 Å². The van der Waals surface area contributed by atoms with Gasteiger partial charge < -0.3 is 25.0 Å². The number of aromatic nitrogens is 4. The molecule has 1 aliphatic rings. The Morgan fingerprint density at radius 3 is 0.808 bits per heavy atom. The molecule has 0 radical (unpaired) electrons. The van der Waals surface area contributed by atoms with Gasteiger partial charge in [-0.25, -0.2) is 0 Å². The van der Waals surface area contributed by atoms with E-state index in [2.05, 4.69) is 162 Å². The second-order valence-corrected chi connectivity index (χ2v) is 13.8. The molecule has 0 saturated carbocycles. The van der Waals surface area contributed by atoms with Gasteiger partial charge in [0, 0.05) is 66.5 Å². The fourth-order valence-electron chi connectivity index (χ4n) is 7.36. The first-order valence-electron chi connectivity index (χ1n) is 17.7. The normalized spacial score (nSPS) is 12.8. The molecule has 5 heterocycles. The molecule has 9 rings (SSSR count). The Kier molecular flexibility index (Phi) is 7.55. The van der Waals surface area contributed by atoms with E-state index in [0.717, 1.165) is 88.7 Å². The molecular formula is C47H38N4O. The summed E-state index contributed by atoms with van der Waals surface area (Å²) in [5.41, 5.74) is 16.2. The average Bonchev–Trinajstić information content (AvgIpc) is 3.99. The maximum Gasteiger partial charge on any atom is 0.115 e. The largest absolute Gasteiger partial charge is 0.508 e. The predicted octanol–water partition coefficient (Wildman–Crippen LogP) is 6.93. The molecule has 5 nitrogen and oxygen atoms in total. The minimum absolute atomic E-state index is 0.230. The van der Waals surface area contributed by atoms with Crippen LogP contribution < -0.4 is 21.4 Å². The van der Waals surface area contributed by atoms with Crippen molar-refractivity contribution in [1.29, 1.82) is 0 Å². The summed E-state index contributed by atoms with van der Waals surface area (Å²) >= 11 is 0. The van der Waals surface area contributed by atoms with Gasteiger partial charge in [0.15, 0.2) is 0 Å². The summed E-state index contributed by atoms with van der Waals surface area (Å²) in [4.78, 5) is 15.4.